The van der Waals surface area contributed by atoms with Gasteiger partial charge in [0.2, 0.25) is 5.88 Å². The average Bonchev–Trinajstić information content (AvgIpc) is 3.18. The van der Waals surface area contributed by atoms with Gasteiger partial charge < -0.3 is 14.7 Å². The van der Waals surface area contributed by atoms with Crippen LogP contribution in [0.2, 0.25) is 0 Å². The number of aliphatic carboxylic acids is 1. The normalized spacial score (nSPS) is 29.8. The SMILES string of the molecule is O=C(O)[C@@H]1C[C@H]2CCCC[C@@H]2N1C(=O)c1cc2n(n1)CCO2. The van der Waals surface area contributed by atoms with Gasteiger partial charge in [-0.3, -0.25) is 4.79 Å². The molecule has 7 heteroatoms. The molecule has 0 bridgehead atoms. The third-order valence-corrected chi connectivity index (χ3v) is 5.12. The molecule has 2 fully saturated rings. The molecule has 7 nitrogen and oxygen atoms in total. The Morgan fingerprint density at radius 3 is 2.91 bits per heavy atom. The highest BCUT2D eigenvalue weighted by Crippen LogP contribution is 2.40. The highest BCUT2D eigenvalue weighted by Gasteiger charge is 2.48. The van der Waals surface area contributed by atoms with E-state index in [4.69, 9.17) is 4.74 Å². The summed E-state index contributed by atoms with van der Waals surface area (Å²) < 4.78 is 7.05. The van der Waals surface area contributed by atoms with Gasteiger partial charge in [0.05, 0.1) is 6.54 Å². The number of hydrogen-bond donors (Lipinski definition) is 1. The maximum Gasteiger partial charge on any atom is 0.326 e. The largest absolute Gasteiger partial charge is 0.480 e. The van der Waals surface area contributed by atoms with Crippen molar-refractivity contribution in [2.75, 3.05) is 6.61 Å². The zero-order valence-electron chi connectivity index (χ0n) is 12.3. The van der Waals surface area contributed by atoms with Gasteiger partial charge in [0.25, 0.3) is 5.91 Å². The third kappa shape index (κ3) is 1.99. The molecule has 1 N–H and O–H groups in total. The van der Waals surface area contributed by atoms with E-state index in [1.165, 1.54) is 0 Å². The van der Waals surface area contributed by atoms with Crippen molar-refractivity contribution in [2.24, 2.45) is 5.92 Å². The first-order valence-corrected chi connectivity index (χ1v) is 7.91. The van der Waals surface area contributed by atoms with Crippen LogP contribution in [0.15, 0.2) is 6.07 Å². The number of carbonyl (C=O) groups is 2. The van der Waals surface area contributed by atoms with Gasteiger partial charge in [0.15, 0.2) is 5.69 Å². The van der Waals surface area contributed by atoms with Crippen LogP contribution in [0.25, 0.3) is 0 Å². The molecule has 1 aliphatic carbocycles. The molecule has 118 valence electrons. The molecule has 4 rings (SSSR count). The Morgan fingerprint density at radius 1 is 1.32 bits per heavy atom. The second-order valence-electron chi connectivity index (χ2n) is 6.35. The smallest absolute Gasteiger partial charge is 0.326 e. The van der Waals surface area contributed by atoms with Crippen LogP contribution in [0.5, 0.6) is 5.88 Å². The Labute approximate surface area is 127 Å². The van der Waals surface area contributed by atoms with Crippen molar-refractivity contribution in [3.05, 3.63) is 11.8 Å². The summed E-state index contributed by atoms with van der Waals surface area (Å²) in [5, 5.41) is 13.8. The quantitative estimate of drug-likeness (QED) is 0.885. The highest BCUT2D eigenvalue weighted by atomic mass is 16.5. The van der Waals surface area contributed by atoms with Crippen LogP contribution in [0.4, 0.5) is 0 Å². The van der Waals surface area contributed by atoms with Gasteiger partial charge in [-0.15, -0.1) is 0 Å². The van der Waals surface area contributed by atoms with E-state index in [1.54, 1.807) is 15.6 Å². The summed E-state index contributed by atoms with van der Waals surface area (Å²) in [7, 11) is 0. The average molecular weight is 305 g/mol. The zero-order chi connectivity index (χ0) is 15.3. The van der Waals surface area contributed by atoms with Crippen molar-refractivity contribution in [2.45, 2.75) is 50.7 Å². The molecule has 1 saturated heterocycles. The number of carboxylic acid groups (broad SMARTS) is 1. The molecule has 0 spiro atoms. The van der Waals surface area contributed by atoms with Crippen molar-refractivity contribution in [1.29, 1.82) is 0 Å². The molecule has 22 heavy (non-hydrogen) atoms. The minimum absolute atomic E-state index is 0.0415. The van der Waals surface area contributed by atoms with Gasteiger partial charge in [-0.25, -0.2) is 9.48 Å². The molecule has 0 unspecified atom stereocenters. The molecule has 0 aromatic carbocycles. The first-order chi connectivity index (χ1) is 10.6. The molecule has 1 aromatic heterocycles. The highest BCUT2D eigenvalue weighted by molar-refractivity contribution is 5.96. The number of likely N-dealkylation sites (tertiary alicyclic amines) is 1. The van der Waals surface area contributed by atoms with Crippen LogP contribution >= 0.6 is 0 Å². The van der Waals surface area contributed by atoms with Crippen LogP contribution in [0.1, 0.15) is 42.6 Å². The topological polar surface area (TPSA) is 84.7 Å². The van der Waals surface area contributed by atoms with Gasteiger partial charge in [-0.1, -0.05) is 12.8 Å². The standard InChI is InChI=1S/C15H19N3O4/c19-14(10-8-13-17(16-10)5-6-22-13)18-11-4-2-1-3-9(11)7-12(18)15(20)21/h8-9,11-12H,1-7H2,(H,20,21)/t9-,11+,12+/m1/s1. The van der Waals surface area contributed by atoms with E-state index in [9.17, 15) is 14.7 Å². The molecular formula is C15H19N3O4. The van der Waals surface area contributed by atoms with E-state index in [1.807, 2.05) is 0 Å². The summed E-state index contributed by atoms with van der Waals surface area (Å²) >= 11 is 0. The fourth-order valence-electron chi connectivity index (χ4n) is 4.12. The first-order valence-electron chi connectivity index (χ1n) is 7.91. The van der Waals surface area contributed by atoms with Crippen molar-refractivity contribution >= 4 is 11.9 Å². The molecule has 2 aliphatic heterocycles. The van der Waals surface area contributed by atoms with Crippen LogP contribution in [0, 0.1) is 5.92 Å². The monoisotopic (exact) mass is 305 g/mol. The Bertz CT molecular complexity index is 605. The van der Waals surface area contributed by atoms with Crippen LogP contribution in [0.3, 0.4) is 0 Å². The lowest BCUT2D eigenvalue weighted by molar-refractivity contribution is -0.141. The van der Waals surface area contributed by atoms with Crippen molar-refractivity contribution < 1.29 is 19.4 Å². The number of carbonyl (C=O) groups excluding carboxylic acids is 1. The van der Waals surface area contributed by atoms with E-state index in [0.29, 0.717) is 37.1 Å². The fraction of sp³-hybridized carbons (Fsp3) is 0.667. The molecule has 1 saturated carbocycles. The van der Waals surface area contributed by atoms with Crippen LogP contribution < -0.4 is 4.74 Å². The van der Waals surface area contributed by atoms with Crippen LogP contribution in [-0.2, 0) is 11.3 Å². The summed E-state index contributed by atoms with van der Waals surface area (Å²) in [6.07, 6.45) is 4.66. The predicted octanol–water partition coefficient (Wildman–Crippen LogP) is 1.13. The second-order valence-corrected chi connectivity index (χ2v) is 6.35. The lowest BCUT2D eigenvalue weighted by atomic mass is 9.84. The fourth-order valence-corrected chi connectivity index (χ4v) is 4.12. The van der Waals surface area contributed by atoms with Crippen molar-refractivity contribution in [3.63, 3.8) is 0 Å². The van der Waals surface area contributed by atoms with Crippen molar-refractivity contribution in [3.8, 4) is 5.88 Å². The summed E-state index contributed by atoms with van der Waals surface area (Å²) in [5.74, 6) is -0.280. The maximum atomic E-state index is 12.9. The molecular weight excluding hydrogens is 286 g/mol. The first kappa shape index (κ1) is 13.6. The number of hydrogen-bond acceptors (Lipinski definition) is 4. The van der Waals surface area contributed by atoms with Crippen LogP contribution in [-0.4, -0.2) is 50.4 Å². The number of nitrogens with zero attached hydrogens (tertiary/aromatic N) is 3. The van der Waals surface area contributed by atoms with Gasteiger partial charge in [-0.05, 0) is 25.2 Å². The Morgan fingerprint density at radius 2 is 2.14 bits per heavy atom. The molecule has 3 aliphatic rings. The molecule has 3 atom stereocenters. The number of amides is 1. The predicted molar refractivity (Wildman–Crippen MR) is 75.7 cm³/mol. The van der Waals surface area contributed by atoms with Gasteiger partial charge in [-0.2, -0.15) is 5.10 Å². The molecule has 0 radical (unpaired) electrons. The third-order valence-electron chi connectivity index (χ3n) is 5.12. The number of aromatic nitrogens is 2. The zero-order valence-corrected chi connectivity index (χ0v) is 12.3. The Balaban J connectivity index is 1.64. The summed E-state index contributed by atoms with van der Waals surface area (Å²) in [4.78, 5) is 26.0. The Kier molecular flexibility index (Phi) is 3.09. The van der Waals surface area contributed by atoms with Gasteiger partial charge in [0, 0.05) is 12.1 Å². The number of fused-ring (bicyclic) bond motifs is 2. The molecule has 3 heterocycles. The molecule has 1 aromatic rings. The summed E-state index contributed by atoms with van der Waals surface area (Å²) in [6.45, 7) is 1.21. The lowest BCUT2D eigenvalue weighted by Crippen LogP contribution is -2.46. The van der Waals surface area contributed by atoms with E-state index in [0.717, 1.165) is 25.7 Å². The van der Waals surface area contributed by atoms with Gasteiger partial charge >= 0.3 is 5.97 Å². The summed E-state index contributed by atoms with van der Waals surface area (Å²) in [6, 6.07) is 0.947. The minimum Gasteiger partial charge on any atom is -0.480 e. The van der Waals surface area contributed by atoms with Crippen molar-refractivity contribution in [1.82, 2.24) is 14.7 Å². The second kappa shape index (κ2) is 5.00. The lowest BCUT2D eigenvalue weighted by Gasteiger charge is -2.32. The summed E-state index contributed by atoms with van der Waals surface area (Å²) in [5.41, 5.74) is 0.298. The van der Waals surface area contributed by atoms with E-state index in [2.05, 4.69) is 5.10 Å². The minimum atomic E-state index is -0.911. The van der Waals surface area contributed by atoms with E-state index >= 15 is 0 Å². The van der Waals surface area contributed by atoms with Gasteiger partial charge in [0.1, 0.15) is 12.6 Å². The number of carboxylic acids is 1. The number of ether oxygens (including phenoxy) is 1. The number of rotatable bonds is 2. The maximum absolute atomic E-state index is 12.9. The van der Waals surface area contributed by atoms with E-state index < -0.39 is 12.0 Å². The molecule has 1 amide bonds. The Hall–Kier alpha value is -2.05. The van der Waals surface area contributed by atoms with E-state index in [-0.39, 0.29) is 11.9 Å².